The van der Waals surface area contributed by atoms with Crippen LogP contribution in [0.3, 0.4) is 0 Å². The van der Waals surface area contributed by atoms with Crippen molar-refractivity contribution in [3.05, 3.63) is 30.3 Å². The molecule has 3 rings (SSSR count). The zero-order chi connectivity index (χ0) is 19.4. The summed E-state index contributed by atoms with van der Waals surface area (Å²) < 4.78 is 6.10. The van der Waals surface area contributed by atoms with Gasteiger partial charge in [0.05, 0.1) is 0 Å². The molecule has 0 amide bonds. The van der Waals surface area contributed by atoms with Crippen LogP contribution in [-0.2, 0) is 0 Å². The first kappa shape index (κ1) is 21.0. The molecule has 2 heterocycles. The highest BCUT2D eigenvalue weighted by Crippen LogP contribution is 2.18. The number of unbranched alkanes of at least 4 members (excludes halogenated alkanes) is 2. The monoisotopic (exact) mass is 386 g/mol. The van der Waals surface area contributed by atoms with E-state index in [0.717, 1.165) is 44.2 Å². The SMILES string of the molecule is CN=C(NCCCCCN1CCCCC1)N1CCC(Oc2ccccc2)CC1. The van der Waals surface area contributed by atoms with Crippen LogP contribution in [0.5, 0.6) is 5.75 Å². The summed E-state index contributed by atoms with van der Waals surface area (Å²) in [4.78, 5) is 9.50. The Morgan fingerprint density at radius 1 is 1.00 bits per heavy atom. The number of para-hydroxylation sites is 1. The molecule has 1 aromatic rings. The summed E-state index contributed by atoms with van der Waals surface area (Å²) in [7, 11) is 1.89. The zero-order valence-electron chi connectivity index (χ0n) is 17.6. The third-order valence-corrected chi connectivity index (χ3v) is 5.88. The van der Waals surface area contributed by atoms with Crippen molar-refractivity contribution < 1.29 is 4.74 Å². The van der Waals surface area contributed by atoms with Crippen molar-refractivity contribution in [1.82, 2.24) is 15.1 Å². The third-order valence-electron chi connectivity index (χ3n) is 5.88. The van der Waals surface area contributed by atoms with Crippen LogP contribution in [-0.4, -0.2) is 68.2 Å². The minimum absolute atomic E-state index is 0.312. The number of hydrogen-bond acceptors (Lipinski definition) is 3. The van der Waals surface area contributed by atoms with Crippen molar-refractivity contribution in [3.8, 4) is 5.75 Å². The largest absolute Gasteiger partial charge is 0.490 e. The van der Waals surface area contributed by atoms with E-state index in [2.05, 4.69) is 20.1 Å². The maximum atomic E-state index is 6.10. The molecule has 0 atom stereocenters. The van der Waals surface area contributed by atoms with E-state index >= 15 is 0 Å². The highest BCUT2D eigenvalue weighted by Gasteiger charge is 2.22. The Bertz CT molecular complexity index is 563. The number of nitrogens with zero attached hydrogens (tertiary/aromatic N) is 3. The first-order valence-electron chi connectivity index (χ1n) is 11.2. The molecule has 2 aliphatic heterocycles. The first-order chi connectivity index (χ1) is 13.8. The quantitative estimate of drug-likeness (QED) is 0.419. The minimum atomic E-state index is 0.312. The predicted octanol–water partition coefficient (Wildman–Crippen LogP) is 3.76. The second kappa shape index (κ2) is 11.9. The van der Waals surface area contributed by atoms with Crippen LogP contribution in [0.25, 0.3) is 0 Å². The van der Waals surface area contributed by atoms with E-state index in [9.17, 15) is 0 Å². The van der Waals surface area contributed by atoms with Crippen LogP contribution >= 0.6 is 0 Å². The number of nitrogens with one attached hydrogen (secondary N) is 1. The average Bonchev–Trinajstić information content (AvgIpc) is 2.75. The summed E-state index contributed by atoms with van der Waals surface area (Å²) in [6, 6.07) is 10.2. The Kier molecular flexibility index (Phi) is 8.95. The van der Waals surface area contributed by atoms with Crippen molar-refractivity contribution in [2.24, 2.45) is 4.99 Å². The lowest BCUT2D eigenvalue weighted by molar-refractivity contribution is 0.129. The molecular formula is C23H38N4O. The molecule has 0 unspecified atom stereocenters. The van der Waals surface area contributed by atoms with E-state index in [1.807, 2.05) is 37.4 Å². The van der Waals surface area contributed by atoms with Gasteiger partial charge in [0, 0.05) is 39.5 Å². The van der Waals surface area contributed by atoms with Gasteiger partial charge in [-0.05, 0) is 57.5 Å². The molecule has 5 nitrogen and oxygen atoms in total. The molecule has 2 aliphatic rings. The van der Waals surface area contributed by atoms with E-state index in [1.165, 1.54) is 58.2 Å². The van der Waals surface area contributed by atoms with Crippen molar-refractivity contribution in [2.75, 3.05) is 46.3 Å². The van der Waals surface area contributed by atoms with Crippen LogP contribution in [0.2, 0.25) is 0 Å². The van der Waals surface area contributed by atoms with Gasteiger partial charge < -0.3 is 19.9 Å². The molecule has 2 fully saturated rings. The number of benzene rings is 1. The van der Waals surface area contributed by atoms with Crippen LogP contribution in [0.15, 0.2) is 35.3 Å². The Morgan fingerprint density at radius 3 is 2.46 bits per heavy atom. The Balaban J connectivity index is 1.27. The number of hydrogen-bond donors (Lipinski definition) is 1. The number of piperidine rings is 2. The van der Waals surface area contributed by atoms with Crippen LogP contribution in [0.1, 0.15) is 51.4 Å². The normalized spacial score (nSPS) is 19.6. The number of ether oxygens (including phenoxy) is 1. The van der Waals surface area contributed by atoms with E-state index in [1.54, 1.807) is 0 Å². The van der Waals surface area contributed by atoms with Crippen molar-refractivity contribution in [2.45, 2.75) is 57.5 Å². The van der Waals surface area contributed by atoms with E-state index in [0.29, 0.717) is 6.10 Å². The minimum Gasteiger partial charge on any atom is -0.490 e. The predicted molar refractivity (Wildman–Crippen MR) is 117 cm³/mol. The van der Waals surface area contributed by atoms with Crippen molar-refractivity contribution >= 4 is 5.96 Å². The molecule has 5 heteroatoms. The Labute approximate surface area is 171 Å². The molecule has 2 saturated heterocycles. The second-order valence-electron chi connectivity index (χ2n) is 8.05. The van der Waals surface area contributed by atoms with E-state index < -0.39 is 0 Å². The fourth-order valence-corrected chi connectivity index (χ4v) is 4.23. The van der Waals surface area contributed by atoms with E-state index in [-0.39, 0.29) is 0 Å². The summed E-state index contributed by atoms with van der Waals surface area (Å²) in [5.74, 6) is 2.03. The molecule has 1 aromatic carbocycles. The zero-order valence-corrected chi connectivity index (χ0v) is 17.6. The molecule has 0 radical (unpaired) electrons. The summed E-state index contributed by atoms with van der Waals surface area (Å²) in [5.41, 5.74) is 0. The van der Waals surface area contributed by atoms with E-state index in [4.69, 9.17) is 4.74 Å². The molecule has 156 valence electrons. The highest BCUT2D eigenvalue weighted by atomic mass is 16.5. The van der Waals surface area contributed by atoms with Gasteiger partial charge in [0.25, 0.3) is 0 Å². The standard InChI is InChI=1S/C23H38N4O/c1-24-23(25-15-7-3-8-16-26-17-9-4-10-18-26)27-19-13-22(14-20-27)28-21-11-5-2-6-12-21/h2,5-6,11-12,22H,3-4,7-10,13-20H2,1H3,(H,24,25). The van der Waals surface area contributed by atoms with Gasteiger partial charge in [0.1, 0.15) is 11.9 Å². The molecule has 0 spiro atoms. The van der Waals surface area contributed by atoms with Gasteiger partial charge in [-0.15, -0.1) is 0 Å². The van der Waals surface area contributed by atoms with Gasteiger partial charge in [-0.1, -0.05) is 31.0 Å². The lowest BCUT2D eigenvalue weighted by Gasteiger charge is -2.34. The maximum Gasteiger partial charge on any atom is 0.193 e. The fourth-order valence-electron chi connectivity index (χ4n) is 4.23. The smallest absolute Gasteiger partial charge is 0.193 e. The highest BCUT2D eigenvalue weighted by molar-refractivity contribution is 5.79. The molecule has 0 bridgehead atoms. The lowest BCUT2D eigenvalue weighted by atomic mass is 10.1. The number of guanidine groups is 1. The van der Waals surface area contributed by atoms with Crippen LogP contribution in [0.4, 0.5) is 0 Å². The van der Waals surface area contributed by atoms with Crippen LogP contribution < -0.4 is 10.1 Å². The van der Waals surface area contributed by atoms with Gasteiger partial charge in [0.2, 0.25) is 0 Å². The second-order valence-corrected chi connectivity index (χ2v) is 8.05. The number of aliphatic imine (C=N–C) groups is 1. The van der Waals surface area contributed by atoms with Gasteiger partial charge in [-0.2, -0.15) is 0 Å². The fraction of sp³-hybridized carbons (Fsp3) is 0.696. The molecule has 1 N–H and O–H groups in total. The molecular weight excluding hydrogens is 348 g/mol. The van der Waals surface area contributed by atoms with Gasteiger partial charge in [-0.25, -0.2) is 0 Å². The first-order valence-corrected chi connectivity index (χ1v) is 11.2. The Morgan fingerprint density at radius 2 is 1.75 bits per heavy atom. The number of rotatable bonds is 8. The topological polar surface area (TPSA) is 40.1 Å². The summed E-state index contributed by atoms with van der Waals surface area (Å²) in [6.45, 7) is 6.94. The van der Waals surface area contributed by atoms with Crippen molar-refractivity contribution in [1.29, 1.82) is 0 Å². The maximum absolute atomic E-state index is 6.10. The average molecular weight is 387 g/mol. The van der Waals surface area contributed by atoms with Gasteiger partial charge in [0.15, 0.2) is 5.96 Å². The van der Waals surface area contributed by atoms with Gasteiger partial charge >= 0.3 is 0 Å². The molecule has 0 saturated carbocycles. The van der Waals surface area contributed by atoms with Crippen LogP contribution in [0, 0.1) is 0 Å². The molecule has 0 aliphatic carbocycles. The van der Waals surface area contributed by atoms with Crippen molar-refractivity contribution in [3.63, 3.8) is 0 Å². The summed E-state index contributed by atoms with van der Waals surface area (Å²) in [5, 5.41) is 3.56. The Hall–Kier alpha value is -1.75. The summed E-state index contributed by atoms with van der Waals surface area (Å²) >= 11 is 0. The molecule has 0 aromatic heterocycles. The van der Waals surface area contributed by atoms with Gasteiger partial charge in [-0.3, -0.25) is 4.99 Å². The third kappa shape index (κ3) is 7.01. The molecule has 28 heavy (non-hydrogen) atoms. The number of likely N-dealkylation sites (tertiary alicyclic amines) is 2. The lowest BCUT2D eigenvalue weighted by Crippen LogP contribution is -2.47. The summed E-state index contributed by atoms with van der Waals surface area (Å²) in [6.07, 6.45) is 10.5.